The van der Waals surface area contributed by atoms with Crippen molar-refractivity contribution in [2.75, 3.05) is 13.2 Å². The summed E-state index contributed by atoms with van der Waals surface area (Å²) < 4.78 is 5.54. The Bertz CT molecular complexity index is 416. The minimum Gasteiger partial charge on any atom is -0.375 e. The summed E-state index contributed by atoms with van der Waals surface area (Å²) in [5.74, 6) is 0.108. The topological polar surface area (TPSA) is 29.5 Å². The van der Waals surface area contributed by atoms with Gasteiger partial charge in [-0.1, -0.05) is 17.7 Å². The Kier molecular flexibility index (Phi) is 3.48. The van der Waals surface area contributed by atoms with Crippen LogP contribution in [0.5, 0.6) is 0 Å². The van der Waals surface area contributed by atoms with Crippen LogP contribution in [0, 0.1) is 6.92 Å². The summed E-state index contributed by atoms with van der Waals surface area (Å²) >= 11 is 0. The lowest BCUT2D eigenvalue weighted by atomic mass is 10.1. The molecule has 3 nitrogen and oxygen atoms in total. The zero-order chi connectivity index (χ0) is 12.4. The molecule has 0 aliphatic carbocycles. The number of hydrogen-bond donors (Lipinski definition) is 0. The van der Waals surface area contributed by atoms with Crippen molar-refractivity contribution in [3.05, 3.63) is 35.4 Å². The fourth-order valence-electron chi connectivity index (χ4n) is 2.13. The van der Waals surface area contributed by atoms with E-state index in [0.717, 1.165) is 11.1 Å². The van der Waals surface area contributed by atoms with Crippen LogP contribution in [0.2, 0.25) is 0 Å². The number of benzene rings is 1. The average molecular weight is 233 g/mol. The fourth-order valence-corrected chi connectivity index (χ4v) is 2.13. The number of morpholine rings is 1. The van der Waals surface area contributed by atoms with Crippen molar-refractivity contribution in [1.82, 2.24) is 4.90 Å². The molecule has 0 bridgehead atoms. The van der Waals surface area contributed by atoms with Gasteiger partial charge in [-0.25, -0.2) is 0 Å². The Balaban J connectivity index is 2.18. The van der Waals surface area contributed by atoms with E-state index in [2.05, 4.69) is 0 Å². The maximum atomic E-state index is 12.4. The number of rotatable bonds is 1. The van der Waals surface area contributed by atoms with Gasteiger partial charge in [-0.05, 0) is 32.9 Å². The number of carbonyl (C=O) groups is 1. The van der Waals surface area contributed by atoms with E-state index in [1.165, 1.54) is 0 Å². The minimum atomic E-state index is 0.108. The van der Waals surface area contributed by atoms with Gasteiger partial charge in [0.1, 0.15) is 0 Å². The lowest BCUT2D eigenvalue weighted by Crippen LogP contribution is -2.50. The SMILES string of the molecule is Cc1cccc(C(=O)N2CC(C)OCC2C)c1. The average Bonchev–Trinajstić information content (AvgIpc) is 2.31. The molecule has 0 spiro atoms. The number of amides is 1. The molecule has 0 N–H and O–H groups in total. The summed E-state index contributed by atoms with van der Waals surface area (Å²) in [5.41, 5.74) is 1.88. The van der Waals surface area contributed by atoms with Gasteiger partial charge in [0.25, 0.3) is 5.91 Å². The van der Waals surface area contributed by atoms with Crippen molar-refractivity contribution < 1.29 is 9.53 Å². The summed E-state index contributed by atoms with van der Waals surface area (Å²) in [5, 5.41) is 0. The van der Waals surface area contributed by atoms with Crippen molar-refractivity contribution in [3.8, 4) is 0 Å². The molecule has 1 aromatic rings. The third kappa shape index (κ3) is 2.67. The zero-order valence-electron chi connectivity index (χ0n) is 10.6. The van der Waals surface area contributed by atoms with E-state index in [1.807, 2.05) is 49.9 Å². The maximum absolute atomic E-state index is 12.4. The van der Waals surface area contributed by atoms with Crippen molar-refractivity contribution in [1.29, 1.82) is 0 Å². The van der Waals surface area contributed by atoms with E-state index >= 15 is 0 Å². The number of aryl methyl sites for hydroxylation is 1. The molecule has 2 rings (SSSR count). The second-order valence-corrected chi connectivity index (χ2v) is 4.82. The van der Waals surface area contributed by atoms with Crippen molar-refractivity contribution >= 4 is 5.91 Å². The summed E-state index contributed by atoms with van der Waals surface area (Å²) in [4.78, 5) is 14.3. The summed E-state index contributed by atoms with van der Waals surface area (Å²) in [6.45, 7) is 7.33. The highest BCUT2D eigenvalue weighted by molar-refractivity contribution is 5.94. The predicted octanol–water partition coefficient (Wildman–Crippen LogP) is 2.24. The van der Waals surface area contributed by atoms with E-state index in [4.69, 9.17) is 4.74 Å². The molecule has 1 saturated heterocycles. The van der Waals surface area contributed by atoms with Crippen molar-refractivity contribution in [3.63, 3.8) is 0 Å². The number of hydrogen-bond acceptors (Lipinski definition) is 2. The molecular weight excluding hydrogens is 214 g/mol. The molecule has 17 heavy (non-hydrogen) atoms. The fraction of sp³-hybridized carbons (Fsp3) is 0.500. The van der Waals surface area contributed by atoms with Crippen LogP contribution in [0.4, 0.5) is 0 Å². The van der Waals surface area contributed by atoms with Gasteiger partial charge in [0, 0.05) is 12.1 Å². The number of carbonyl (C=O) groups excluding carboxylic acids is 1. The lowest BCUT2D eigenvalue weighted by molar-refractivity contribution is -0.0387. The molecule has 2 atom stereocenters. The van der Waals surface area contributed by atoms with Gasteiger partial charge < -0.3 is 9.64 Å². The zero-order valence-corrected chi connectivity index (χ0v) is 10.6. The molecule has 1 fully saturated rings. The highest BCUT2D eigenvalue weighted by Crippen LogP contribution is 2.16. The molecule has 1 heterocycles. The standard InChI is InChI=1S/C14H19NO2/c1-10-5-4-6-13(7-10)14(16)15-8-12(3)17-9-11(15)2/h4-7,11-12H,8-9H2,1-3H3. The van der Waals surface area contributed by atoms with Gasteiger partial charge >= 0.3 is 0 Å². The van der Waals surface area contributed by atoms with E-state index in [9.17, 15) is 4.79 Å². The maximum Gasteiger partial charge on any atom is 0.254 e. The Labute approximate surface area is 102 Å². The second-order valence-electron chi connectivity index (χ2n) is 4.82. The lowest BCUT2D eigenvalue weighted by Gasteiger charge is -2.36. The van der Waals surface area contributed by atoms with Crippen molar-refractivity contribution in [2.24, 2.45) is 0 Å². The van der Waals surface area contributed by atoms with Crippen LogP contribution in [0.25, 0.3) is 0 Å². The molecular formula is C14H19NO2. The van der Waals surface area contributed by atoms with Crippen LogP contribution < -0.4 is 0 Å². The first kappa shape index (κ1) is 12.1. The van der Waals surface area contributed by atoms with Crippen LogP contribution in [0.1, 0.15) is 29.8 Å². The summed E-state index contributed by atoms with van der Waals surface area (Å²) in [7, 11) is 0. The van der Waals surface area contributed by atoms with Crippen LogP contribution in [-0.2, 0) is 4.74 Å². The first-order valence-corrected chi connectivity index (χ1v) is 6.07. The van der Waals surface area contributed by atoms with Gasteiger partial charge in [0.05, 0.1) is 18.8 Å². The smallest absolute Gasteiger partial charge is 0.254 e. The Morgan fingerprint density at radius 2 is 2.18 bits per heavy atom. The van der Waals surface area contributed by atoms with E-state index in [-0.39, 0.29) is 18.1 Å². The first-order chi connectivity index (χ1) is 8.08. The third-order valence-electron chi connectivity index (χ3n) is 3.13. The number of ether oxygens (including phenoxy) is 1. The molecule has 1 amide bonds. The Morgan fingerprint density at radius 3 is 2.88 bits per heavy atom. The molecule has 1 aliphatic heterocycles. The van der Waals surface area contributed by atoms with Crippen LogP contribution in [-0.4, -0.2) is 36.1 Å². The Hall–Kier alpha value is -1.35. The molecule has 1 aliphatic rings. The van der Waals surface area contributed by atoms with E-state index in [0.29, 0.717) is 13.2 Å². The first-order valence-electron chi connectivity index (χ1n) is 6.07. The monoisotopic (exact) mass is 233 g/mol. The number of nitrogens with zero attached hydrogens (tertiary/aromatic N) is 1. The van der Waals surface area contributed by atoms with E-state index in [1.54, 1.807) is 0 Å². The van der Waals surface area contributed by atoms with Gasteiger partial charge in [0.2, 0.25) is 0 Å². The van der Waals surface area contributed by atoms with Gasteiger partial charge in [-0.3, -0.25) is 4.79 Å². The van der Waals surface area contributed by atoms with E-state index < -0.39 is 0 Å². The second kappa shape index (κ2) is 4.88. The molecule has 92 valence electrons. The third-order valence-corrected chi connectivity index (χ3v) is 3.13. The Morgan fingerprint density at radius 1 is 1.41 bits per heavy atom. The highest BCUT2D eigenvalue weighted by Gasteiger charge is 2.28. The molecule has 2 unspecified atom stereocenters. The molecule has 0 saturated carbocycles. The van der Waals surface area contributed by atoms with Crippen LogP contribution >= 0.6 is 0 Å². The van der Waals surface area contributed by atoms with Crippen LogP contribution in [0.15, 0.2) is 24.3 Å². The van der Waals surface area contributed by atoms with Gasteiger partial charge in [-0.15, -0.1) is 0 Å². The highest BCUT2D eigenvalue weighted by atomic mass is 16.5. The molecule has 0 radical (unpaired) electrons. The summed E-state index contributed by atoms with van der Waals surface area (Å²) in [6.07, 6.45) is 0.125. The quantitative estimate of drug-likeness (QED) is 0.744. The van der Waals surface area contributed by atoms with Crippen molar-refractivity contribution in [2.45, 2.75) is 32.9 Å². The molecule has 1 aromatic carbocycles. The molecule has 0 aromatic heterocycles. The normalized spacial score (nSPS) is 24.8. The summed E-state index contributed by atoms with van der Waals surface area (Å²) in [6, 6.07) is 7.90. The van der Waals surface area contributed by atoms with Crippen LogP contribution in [0.3, 0.4) is 0 Å². The largest absolute Gasteiger partial charge is 0.375 e. The van der Waals surface area contributed by atoms with Gasteiger partial charge in [-0.2, -0.15) is 0 Å². The predicted molar refractivity (Wildman–Crippen MR) is 67.1 cm³/mol. The molecule has 3 heteroatoms. The van der Waals surface area contributed by atoms with Gasteiger partial charge in [0.15, 0.2) is 0 Å². The minimum absolute atomic E-state index is 0.108.